The highest BCUT2D eigenvalue weighted by Gasteiger charge is 2.14. The average Bonchev–Trinajstić information content (AvgIpc) is 2.85. The summed E-state index contributed by atoms with van der Waals surface area (Å²) in [4.78, 5) is 0. The maximum Gasteiger partial charge on any atom is 0.286 e. The summed E-state index contributed by atoms with van der Waals surface area (Å²) < 4.78 is 4.26. The van der Waals surface area contributed by atoms with Crippen molar-refractivity contribution in [2.75, 3.05) is 0 Å². The van der Waals surface area contributed by atoms with Crippen molar-refractivity contribution in [2.24, 2.45) is 28.7 Å². The van der Waals surface area contributed by atoms with Crippen LogP contribution in [0.15, 0.2) is 65.1 Å². The highest BCUT2D eigenvalue weighted by atomic mass is 15.3. The molecule has 0 saturated carbocycles. The summed E-state index contributed by atoms with van der Waals surface area (Å²) in [6.07, 6.45) is 5.76. The molecule has 2 aromatic heterocycles. The molecule has 4 N–H and O–H groups in total. The van der Waals surface area contributed by atoms with E-state index >= 15 is 0 Å². The van der Waals surface area contributed by atoms with Crippen molar-refractivity contribution in [1.82, 2.24) is 4.57 Å². The summed E-state index contributed by atoms with van der Waals surface area (Å²) in [7, 11) is 2.05. The number of rotatable bonds is 3. The van der Waals surface area contributed by atoms with Gasteiger partial charge in [-0.25, -0.2) is 8.97 Å². The van der Waals surface area contributed by atoms with Crippen LogP contribution in [-0.2, 0) is 7.05 Å². The smallest absolute Gasteiger partial charge is 0.286 e. The van der Waals surface area contributed by atoms with E-state index in [1.807, 2.05) is 42.6 Å². The van der Waals surface area contributed by atoms with Crippen LogP contribution in [0.2, 0.25) is 0 Å². The van der Waals surface area contributed by atoms with Crippen LogP contribution in [0.25, 0.3) is 16.9 Å². The maximum absolute atomic E-state index is 5.22. The lowest BCUT2D eigenvalue weighted by atomic mass is 10.1. The summed E-state index contributed by atoms with van der Waals surface area (Å²) in [5, 5.41) is 7.38. The Balaban J connectivity index is 1.93. The molecular formula is C16H17N6+. The third-order valence-corrected chi connectivity index (χ3v) is 3.42. The molecule has 3 aromatic rings. The Kier molecular flexibility index (Phi) is 3.57. The third kappa shape index (κ3) is 2.67. The van der Waals surface area contributed by atoms with Gasteiger partial charge in [0.1, 0.15) is 6.20 Å². The second-order valence-corrected chi connectivity index (χ2v) is 4.93. The number of imidazole rings is 1. The normalized spacial score (nSPS) is 11.1. The van der Waals surface area contributed by atoms with E-state index in [9.17, 15) is 0 Å². The zero-order valence-corrected chi connectivity index (χ0v) is 12.2. The summed E-state index contributed by atoms with van der Waals surface area (Å²) in [5.74, 6) is -0.0552. The van der Waals surface area contributed by atoms with Crippen LogP contribution >= 0.6 is 0 Å². The summed E-state index contributed by atoms with van der Waals surface area (Å²) in [6.45, 7) is 0. The van der Waals surface area contributed by atoms with Crippen molar-refractivity contribution in [3.8, 4) is 11.3 Å². The molecule has 0 radical (unpaired) electrons. The number of benzene rings is 1. The SMILES string of the molecule is Cn1c(-c2ccc(C=NN=C(N)N)cc2)c[n+]2ccccc12. The molecule has 22 heavy (non-hydrogen) atoms. The van der Waals surface area contributed by atoms with Gasteiger partial charge in [-0.2, -0.15) is 5.10 Å². The predicted octanol–water partition coefficient (Wildman–Crippen LogP) is 1.04. The van der Waals surface area contributed by atoms with Crippen molar-refractivity contribution >= 4 is 17.8 Å². The molecule has 0 aliphatic heterocycles. The molecule has 0 amide bonds. The first-order valence-electron chi connectivity index (χ1n) is 6.83. The van der Waals surface area contributed by atoms with E-state index in [0.29, 0.717) is 0 Å². The van der Waals surface area contributed by atoms with Crippen molar-refractivity contribution in [1.29, 1.82) is 0 Å². The first-order chi connectivity index (χ1) is 10.6. The number of guanidine groups is 1. The summed E-state index contributed by atoms with van der Waals surface area (Å²) in [6, 6.07) is 14.2. The zero-order chi connectivity index (χ0) is 15.5. The number of hydrogen-bond acceptors (Lipinski definition) is 2. The lowest BCUT2D eigenvalue weighted by molar-refractivity contribution is -0.510. The number of nitrogens with zero attached hydrogens (tertiary/aromatic N) is 4. The fourth-order valence-electron chi connectivity index (χ4n) is 2.35. The summed E-state index contributed by atoms with van der Waals surface area (Å²) >= 11 is 0. The molecule has 0 saturated heterocycles. The molecule has 6 nitrogen and oxygen atoms in total. The van der Waals surface area contributed by atoms with E-state index in [-0.39, 0.29) is 5.96 Å². The van der Waals surface area contributed by atoms with Gasteiger partial charge in [-0.1, -0.05) is 18.2 Å². The maximum atomic E-state index is 5.22. The van der Waals surface area contributed by atoms with Crippen LogP contribution in [-0.4, -0.2) is 16.7 Å². The molecule has 0 bridgehead atoms. The molecule has 3 rings (SSSR count). The fraction of sp³-hybridized carbons (Fsp3) is 0.0625. The molecule has 0 unspecified atom stereocenters. The van der Waals surface area contributed by atoms with Gasteiger partial charge in [0.25, 0.3) is 5.65 Å². The minimum absolute atomic E-state index is 0.0552. The molecule has 110 valence electrons. The zero-order valence-electron chi connectivity index (χ0n) is 12.2. The van der Waals surface area contributed by atoms with Gasteiger partial charge >= 0.3 is 0 Å². The minimum Gasteiger partial charge on any atom is -0.369 e. The lowest BCUT2D eigenvalue weighted by Crippen LogP contribution is -2.21. The summed E-state index contributed by atoms with van der Waals surface area (Å²) in [5.41, 5.74) is 14.8. The van der Waals surface area contributed by atoms with Gasteiger partial charge in [-0.05, 0) is 23.8 Å². The van der Waals surface area contributed by atoms with Crippen molar-refractivity contribution < 1.29 is 4.40 Å². The van der Waals surface area contributed by atoms with Crippen molar-refractivity contribution in [2.45, 2.75) is 0 Å². The Hall–Kier alpha value is -3.15. The molecule has 0 fully saturated rings. The van der Waals surface area contributed by atoms with Crippen LogP contribution in [0, 0.1) is 0 Å². The number of pyridine rings is 1. The van der Waals surface area contributed by atoms with E-state index in [1.165, 1.54) is 0 Å². The van der Waals surface area contributed by atoms with E-state index in [0.717, 1.165) is 22.5 Å². The highest BCUT2D eigenvalue weighted by molar-refractivity contribution is 5.82. The quantitative estimate of drug-likeness (QED) is 0.327. The Labute approximate surface area is 128 Å². The first kappa shape index (κ1) is 13.8. The fourth-order valence-corrected chi connectivity index (χ4v) is 2.35. The first-order valence-corrected chi connectivity index (χ1v) is 6.83. The predicted molar refractivity (Wildman–Crippen MR) is 87.4 cm³/mol. The average molecular weight is 293 g/mol. The minimum atomic E-state index is -0.0552. The number of aromatic nitrogens is 2. The number of fused-ring (bicyclic) bond motifs is 1. The van der Waals surface area contributed by atoms with Crippen molar-refractivity contribution in [3.05, 3.63) is 60.4 Å². The molecule has 2 heterocycles. The van der Waals surface area contributed by atoms with E-state index in [2.05, 4.69) is 38.5 Å². The molecule has 0 aliphatic rings. The second-order valence-electron chi connectivity index (χ2n) is 4.93. The third-order valence-electron chi connectivity index (χ3n) is 3.42. The molecule has 0 spiro atoms. The Morgan fingerprint density at radius 2 is 1.91 bits per heavy atom. The van der Waals surface area contributed by atoms with E-state index in [1.54, 1.807) is 6.21 Å². The van der Waals surface area contributed by atoms with Gasteiger partial charge in [0.2, 0.25) is 5.96 Å². The van der Waals surface area contributed by atoms with E-state index < -0.39 is 0 Å². The van der Waals surface area contributed by atoms with Crippen LogP contribution in [0.5, 0.6) is 0 Å². The van der Waals surface area contributed by atoms with Crippen molar-refractivity contribution in [3.63, 3.8) is 0 Å². The Bertz CT molecular complexity index is 854. The van der Waals surface area contributed by atoms with Gasteiger partial charge in [-0.15, -0.1) is 5.10 Å². The Morgan fingerprint density at radius 3 is 2.59 bits per heavy atom. The molecular weight excluding hydrogens is 276 g/mol. The van der Waals surface area contributed by atoms with Crippen LogP contribution in [0.4, 0.5) is 0 Å². The van der Waals surface area contributed by atoms with Gasteiger partial charge < -0.3 is 11.5 Å². The largest absolute Gasteiger partial charge is 0.369 e. The number of nitrogens with two attached hydrogens (primary N) is 2. The monoisotopic (exact) mass is 293 g/mol. The van der Waals surface area contributed by atoms with Gasteiger partial charge in [-0.3, -0.25) is 0 Å². The van der Waals surface area contributed by atoms with Crippen LogP contribution < -0.4 is 15.9 Å². The second kappa shape index (κ2) is 5.69. The topological polar surface area (TPSA) is 85.8 Å². The van der Waals surface area contributed by atoms with Gasteiger partial charge in [0.05, 0.1) is 19.5 Å². The standard InChI is InChI=1S/C16H17N6/c1-21-14(11-22-9-3-2-4-15(21)22)13-7-5-12(6-8-13)10-19-20-16(17)18/h2-11H,1H3,(H4,17,18,20)/q+1. The molecule has 0 aliphatic carbocycles. The van der Waals surface area contributed by atoms with Gasteiger partial charge in [0.15, 0.2) is 5.69 Å². The molecule has 6 heteroatoms. The Morgan fingerprint density at radius 1 is 1.14 bits per heavy atom. The van der Waals surface area contributed by atoms with Gasteiger partial charge in [0, 0.05) is 11.6 Å². The van der Waals surface area contributed by atoms with Crippen LogP contribution in [0.1, 0.15) is 5.56 Å². The number of hydrogen-bond donors (Lipinski definition) is 2. The highest BCUT2D eigenvalue weighted by Crippen LogP contribution is 2.19. The molecule has 1 aromatic carbocycles. The number of aryl methyl sites for hydroxylation is 1. The molecule has 0 atom stereocenters. The van der Waals surface area contributed by atoms with Crippen LogP contribution in [0.3, 0.4) is 0 Å². The van der Waals surface area contributed by atoms with E-state index in [4.69, 9.17) is 11.5 Å². The lowest BCUT2D eigenvalue weighted by Gasteiger charge is -1.98.